The lowest BCUT2D eigenvalue weighted by molar-refractivity contribution is -0.150. The van der Waals surface area contributed by atoms with E-state index in [4.69, 9.17) is 10.00 Å². The molecule has 0 aliphatic carbocycles. The number of esters is 1. The SMILES string of the molecule is C=CC[C@](C#N)(NC(C)=O)C(=O)OCC. The molecule has 0 unspecified atom stereocenters. The number of carbonyl (C=O) groups excluding carboxylic acids is 2. The summed E-state index contributed by atoms with van der Waals surface area (Å²) in [6.07, 6.45) is 1.40. The highest BCUT2D eigenvalue weighted by Gasteiger charge is 2.40. The molecule has 0 radical (unpaired) electrons. The summed E-state index contributed by atoms with van der Waals surface area (Å²) in [6, 6.07) is 1.75. The first-order valence-corrected chi connectivity index (χ1v) is 4.50. The molecule has 0 aliphatic heterocycles. The second-order valence-corrected chi connectivity index (χ2v) is 2.91. The first-order valence-electron chi connectivity index (χ1n) is 4.50. The molecule has 15 heavy (non-hydrogen) atoms. The van der Waals surface area contributed by atoms with Gasteiger partial charge in [-0.15, -0.1) is 6.58 Å². The summed E-state index contributed by atoms with van der Waals surface area (Å²) < 4.78 is 4.73. The third kappa shape index (κ3) is 3.43. The summed E-state index contributed by atoms with van der Waals surface area (Å²) in [5.41, 5.74) is -1.65. The van der Waals surface area contributed by atoms with E-state index in [-0.39, 0.29) is 13.0 Å². The summed E-state index contributed by atoms with van der Waals surface area (Å²) in [7, 11) is 0. The number of nitrogens with zero attached hydrogens (tertiary/aromatic N) is 1. The molecule has 0 heterocycles. The summed E-state index contributed by atoms with van der Waals surface area (Å²) >= 11 is 0. The van der Waals surface area contributed by atoms with E-state index in [9.17, 15) is 9.59 Å². The van der Waals surface area contributed by atoms with Crippen LogP contribution in [0.2, 0.25) is 0 Å². The van der Waals surface area contributed by atoms with Crippen molar-refractivity contribution in [3.8, 4) is 6.07 Å². The maximum absolute atomic E-state index is 11.5. The molecular weight excluding hydrogens is 196 g/mol. The highest BCUT2D eigenvalue weighted by atomic mass is 16.5. The van der Waals surface area contributed by atoms with Gasteiger partial charge in [-0.25, -0.2) is 4.79 Å². The van der Waals surface area contributed by atoms with E-state index in [0.717, 1.165) is 0 Å². The lowest BCUT2D eigenvalue weighted by Gasteiger charge is -2.23. The van der Waals surface area contributed by atoms with Gasteiger partial charge in [0.05, 0.1) is 6.61 Å². The summed E-state index contributed by atoms with van der Waals surface area (Å²) in [4.78, 5) is 22.4. The third-order valence-corrected chi connectivity index (χ3v) is 1.65. The number of rotatable bonds is 5. The van der Waals surface area contributed by atoms with Gasteiger partial charge < -0.3 is 10.1 Å². The minimum Gasteiger partial charge on any atom is -0.463 e. The molecule has 1 amide bonds. The molecule has 5 heteroatoms. The van der Waals surface area contributed by atoms with E-state index in [1.807, 2.05) is 0 Å². The van der Waals surface area contributed by atoms with Crippen LogP contribution in [0.3, 0.4) is 0 Å². The van der Waals surface area contributed by atoms with E-state index < -0.39 is 17.4 Å². The Morgan fingerprint density at radius 2 is 2.27 bits per heavy atom. The predicted molar refractivity (Wildman–Crippen MR) is 53.6 cm³/mol. The van der Waals surface area contributed by atoms with Crippen molar-refractivity contribution in [3.63, 3.8) is 0 Å². The summed E-state index contributed by atoms with van der Waals surface area (Å²) in [5.74, 6) is -1.23. The largest absolute Gasteiger partial charge is 0.463 e. The fourth-order valence-corrected chi connectivity index (χ4v) is 1.08. The average Bonchev–Trinajstić information content (AvgIpc) is 2.16. The minimum atomic E-state index is -1.65. The van der Waals surface area contributed by atoms with E-state index >= 15 is 0 Å². The first kappa shape index (κ1) is 13.2. The maximum Gasteiger partial charge on any atom is 0.347 e. The third-order valence-electron chi connectivity index (χ3n) is 1.65. The molecule has 0 rings (SSSR count). The molecule has 0 saturated carbocycles. The van der Waals surface area contributed by atoms with Crippen LogP contribution in [-0.2, 0) is 14.3 Å². The van der Waals surface area contributed by atoms with E-state index in [2.05, 4.69) is 11.9 Å². The number of nitriles is 1. The molecule has 0 aromatic carbocycles. The van der Waals surface area contributed by atoms with Crippen LogP contribution in [0.15, 0.2) is 12.7 Å². The van der Waals surface area contributed by atoms with Gasteiger partial charge in [-0.1, -0.05) is 6.08 Å². The van der Waals surface area contributed by atoms with Crippen LogP contribution in [0.4, 0.5) is 0 Å². The number of nitrogens with one attached hydrogen (secondary N) is 1. The Bertz CT molecular complexity index is 306. The van der Waals surface area contributed by atoms with Crippen LogP contribution in [0.1, 0.15) is 20.3 Å². The van der Waals surface area contributed by atoms with Crippen LogP contribution in [0, 0.1) is 11.3 Å². The molecule has 0 spiro atoms. The first-order chi connectivity index (χ1) is 7.02. The van der Waals surface area contributed by atoms with Gasteiger partial charge >= 0.3 is 5.97 Å². The Kier molecular flexibility index (Phi) is 5.10. The standard InChI is InChI=1S/C10H14N2O3/c1-4-6-10(7-11,12-8(3)13)9(14)15-5-2/h4H,1,5-6H2,2-3H3,(H,12,13)/t10-/m1/s1. The fourth-order valence-electron chi connectivity index (χ4n) is 1.08. The quantitative estimate of drug-likeness (QED) is 0.530. The number of hydrogen-bond acceptors (Lipinski definition) is 4. The van der Waals surface area contributed by atoms with E-state index in [1.165, 1.54) is 13.0 Å². The number of ether oxygens (including phenoxy) is 1. The smallest absolute Gasteiger partial charge is 0.347 e. The normalized spacial score (nSPS) is 13.1. The molecule has 0 saturated heterocycles. The highest BCUT2D eigenvalue weighted by Crippen LogP contribution is 2.12. The van der Waals surface area contributed by atoms with Gasteiger partial charge in [0, 0.05) is 13.3 Å². The maximum atomic E-state index is 11.5. The van der Waals surface area contributed by atoms with Crippen LogP contribution in [0.5, 0.6) is 0 Å². The van der Waals surface area contributed by atoms with Gasteiger partial charge in [0.1, 0.15) is 6.07 Å². The zero-order valence-electron chi connectivity index (χ0n) is 8.87. The van der Waals surface area contributed by atoms with Crippen molar-refractivity contribution in [1.82, 2.24) is 5.32 Å². The van der Waals surface area contributed by atoms with Crippen LogP contribution in [0.25, 0.3) is 0 Å². The lowest BCUT2D eigenvalue weighted by atomic mass is 9.97. The monoisotopic (exact) mass is 210 g/mol. The number of hydrogen-bond donors (Lipinski definition) is 1. The van der Waals surface area contributed by atoms with Crippen molar-refractivity contribution in [1.29, 1.82) is 5.26 Å². The van der Waals surface area contributed by atoms with Crippen molar-refractivity contribution < 1.29 is 14.3 Å². The molecule has 0 bridgehead atoms. The average molecular weight is 210 g/mol. The molecule has 0 aromatic rings. The Morgan fingerprint density at radius 3 is 2.60 bits per heavy atom. The van der Waals surface area contributed by atoms with Gasteiger partial charge in [-0.05, 0) is 6.92 Å². The van der Waals surface area contributed by atoms with Crippen molar-refractivity contribution in [2.75, 3.05) is 6.61 Å². The Labute approximate surface area is 88.7 Å². The van der Waals surface area contributed by atoms with Crippen molar-refractivity contribution >= 4 is 11.9 Å². The molecular formula is C10H14N2O3. The minimum absolute atomic E-state index is 0.0158. The van der Waals surface area contributed by atoms with E-state index in [0.29, 0.717) is 0 Å². The fraction of sp³-hybridized carbons (Fsp3) is 0.500. The second-order valence-electron chi connectivity index (χ2n) is 2.91. The van der Waals surface area contributed by atoms with Crippen LogP contribution >= 0.6 is 0 Å². The lowest BCUT2D eigenvalue weighted by Crippen LogP contribution is -2.53. The Hall–Kier alpha value is -1.83. The Balaban J connectivity index is 4.97. The molecule has 0 fully saturated rings. The van der Waals surface area contributed by atoms with Crippen LogP contribution in [-0.4, -0.2) is 24.0 Å². The molecule has 0 aliphatic rings. The molecule has 82 valence electrons. The predicted octanol–water partition coefficient (Wildman–Crippen LogP) is 0.524. The number of amides is 1. The van der Waals surface area contributed by atoms with Crippen molar-refractivity contribution in [2.45, 2.75) is 25.8 Å². The van der Waals surface area contributed by atoms with Crippen LogP contribution < -0.4 is 5.32 Å². The van der Waals surface area contributed by atoms with Gasteiger partial charge in [-0.2, -0.15) is 5.26 Å². The van der Waals surface area contributed by atoms with E-state index in [1.54, 1.807) is 13.0 Å². The van der Waals surface area contributed by atoms with Gasteiger partial charge in [0.15, 0.2) is 0 Å². The van der Waals surface area contributed by atoms with Gasteiger partial charge in [-0.3, -0.25) is 4.79 Å². The summed E-state index contributed by atoms with van der Waals surface area (Å²) in [5, 5.41) is 11.2. The van der Waals surface area contributed by atoms with Gasteiger partial charge in [0.25, 0.3) is 0 Å². The molecule has 1 atom stereocenters. The second kappa shape index (κ2) is 5.81. The number of carbonyl (C=O) groups is 2. The Morgan fingerprint density at radius 1 is 1.67 bits per heavy atom. The topological polar surface area (TPSA) is 79.2 Å². The zero-order chi connectivity index (χ0) is 11.9. The molecule has 0 aromatic heterocycles. The van der Waals surface area contributed by atoms with Crippen molar-refractivity contribution in [3.05, 3.63) is 12.7 Å². The van der Waals surface area contributed by atoms with Crippen molar-refractivity contribution in [2.24, 2.45) is 0 Å². The molecule has 5 nitrogen and oxygen atoms in total. The highest BCUT2D eigenvalue weighted by molar-refractivity contribution is 5.90. The zero-order valence-corrected chi connectivity index (χ0v) is 8.87. The molecule has 1 N–H and O–H groups in total. The summed E-state index contributed by atoms with van der Waals surface area (Å²) in [6.45, 7) is 6.44. The van der Waals surface area contributed by atoms with Gasteiger partial charge in [0.2, 0.25) is 11.4 Å².